The molecule has 1 heterocycles. The van der Waals surface area contributed by atoms with Crippen LogP contribution >= 0.6 is 0 Å². The number of rotatable bonds is 8. The molecule has 1 saturated heterocycles. The Labute approximate surface area is 200 Å². The first kappa shape index (κ1) is 24.2. The fourth-order valence-corrected chi connectivity index (χ4v) is 7.80. The molecule has 1 aliphatic heterocycles. The van der Waals surface area contributed by atoms with E-state index in [1.807, 2.05) is 0 Å². The largest absolute Gasteiger partial charge is 0.568 e. The lowest BCUT2D eigenvalue weighted by atomic mass is 10.2. The van der Waals surface area contributed by atoms with Gasteiger partial charge in [-0.15, -0.1) is 0 Å². The molecule has 35 heavy (non-hydrogen) atoms. The van der Waals surface area contributed by atoms with E-state index in [0.717, 1.165) is 7.11 Å². The van der Waals surface area contributed by atoms with Crippen LogP contribution in [-0.4, -0.2) is 48.4 Å². The van der Waals surface area contributed by atoms with E-state index in [1.165, 1.54) is 0 Å². The topological polar surface area (TPSA) is 134 Å². The molecule has 4 rings (SSSR count). The number of hydroxylamine groups is 2. The summed E-state index contributed by atoms with van der Waals surface area (Å²) in [5.41, 5.74) is 0. The molecule has 3 aromatic carbocycles. The number of methoxy groups -OCH3 is 1. The van der Waals surface area contributed by atoms with E-state index in [1.54, 1.807) is 91.0 Å². The lowest BCUT2D eigenvalue weighted by Gasteiger charge is -2.35. The quantitative estimate of drug-likeness (QED) is 0.112. The number of nitrogens with zero attached hydrogens (tertiary/aromatic N) is 3. The Bertz CT molecular complexity index is 1100. The van der Waals surface area contributed by atoms with Gasteiger partial charge in [0.2, 0.25) is 0 Å². The Kier molecular flexibility index (Phi) is 6.71. The van der Waals surface area contributed by atoms with Crippen molar-refractivity contribution in [2.75, 3.05) is 7.11 Å². The van der Waals surface area contributed by atoms with Crippen molar-refractivity contribution in [2.24, 2.45) is 0 Å². The maximum Gasteiger partial charge on any atom is 0.568 e. The highest BCUT2D eigenvalue weighted by molar-refractivity contribution is 7.07. The van der Waals surface area contributed by atoms with E-state index in [9.17, 15) is 25.0 Å². The van der Waals surface area contributed by atoms with Gasteiger partial charge >= 0.3 is 20.1 Å². The molecule has 0 spiro atoms. The number of ether oxygens (including phenoxy) is 1. The van der Waals surface area contributed by atoms with Crippen molar-refractivity contribution >= 4 is 29.8 Å². The predicted octanol–water partition coefficient (Wildman–Crippen LogP) is 0.971. The van der Waals surface area contributed by atoms with Crippen LogP contribution in [0.4, 0.5) is 0 Å². The van der Waals surface area contributed by atoms with Crippen LogP contribution in [0.3, 0.4) is 0 Å². The molecule has 0 N–H and O–H groups in total. The molecule has 0 aliphatic carbocycles. The van der Waals surface area contributed by atoms with Gasteiger partial charge in [-0.2, -0.15) is 0 Å². The highest BCUT2D eigenvalue weighted by atomic mass is 28.4. The van der Waals surface area contributed by atoms with Crippen LogP contribution in [-0.2, 0) is 18.9 Å². The third kappa shape index (κ3) is 4.08. The summed E-state index contributed by atoms with van der Waals surface area (Å²) in [5, 5.41) is 26.6. The zero-order chi connectivity index (χ0) is 25.1. The van der Waals surface area contributed by atoms with Gasteiger partial charge < -0.3 is 4.74 Å². The first-order valence-corrected chi connectivity index (χ1v) is 12.5. The molecule has 0 amide bonds. The first-order valence-electron chi connectivity index (χ1n) is 10.6. The molecule has 180 valence electrons. The predicted molar refractivity (Wildman–Crippen MR) is 125 cm³/mol. The van der Waals surface area contributed by atoms with Crippen molar-refractivity contribution in [1.82, 2.24) is 5.23 Å². The monoisotopic (exact) mass is 495 g/mol. The highest BCUT2D eigenvalue weighted by Gasteiger charge is 2.74. The Morgan fingerprint density at radius 1 is 0.886 bits per heavy atom. The van der Waals surface area contributed by atoms with Crippen molar-refractivity contribution in [3.8, 4) is 0 Å². The molecular formula is C23H21N3O8Si. The Morgan fingerprint density at radius 3 is 1.63 bits per heavy atom. The lowest BCUT2D eigenvalue weighted by molar-refractivity contribution is -0.847. The highest BCUT2D eigenvalue weighted by Crippen LogP contribution is 2.35. The molecule has 11 nitrogen and oxygen atoms in total. The number of nitro groups is 2. The third-order valence-corrected chi connectivity index (χ3v) is 9.66. The van der Waals surface area contributed by atoms with E-state index in [0.29, 0.717) is 15.6 Å². The van der Waals surface area contributed by atoms with Crippen LogP contribution in [0, 0.1) is 20.2 Å². The molecule has 1 fully saturated rings. The molecule has 1 unspecified atom stereocenters. The number of carbonyl (C=O) groups is 1. The van der Waals surface area contributed by atoms with E-state index >= 15 is 0 Å². The van der Waals surface area contributed by atoms with Crippen molar-refractivity contribution < 1.29 is 28.7 Å². The van der Waals surface area contributed by atoms with E-state index in [4.69, 9.17) is 9.36 Å². The minimum absolute atomic E-state index is 0.286. The Balaban J connectivity index is 1.97. The molecule has 12 heteroatoms. The SMILES string of the molecule is COC(=O)C1CC([N+](=O)[O-])([N+](=O)[O-])N(O[Si](c2ccccc2)(c2ccccc2)c2ccccc2)O1. The second kappa shape index (κ2) is 9.72. The molecule has 0 bridgehead atoms. The Morgan fingerprint density at radius 2 is 1.29 bits per heavy atom. The average molecular weight is 496 g/mol. The fraction of sp³-hybridized carbons (Fsp3) is 0.174. The van der Waals surface area contributed by atoms with Gasteiger partial charge in [0.25, 0.3) is 0 Å². The first-order chi connectivity index (χ1) is 16.9. The second-order valence-corrected chi connectivity index (χ2v) is 11.0. The molecule has 0 aromatic heterocycles. The van der Waals surface area contributed by atoms with E-state index in [-0.39, 0.29) is 5.23 Å². The zero-order valence-electron chi connectivity index (χ0n) is 18.6. The number of hydrogen-bond donors (Lipinski definition) is 0. The van der Waals surface area contributed by atoms with Crippen LogP contribution in [0.15, 0.2) is 91.0 Å². The molecule has 1 aliphatic rings. The number of hydrogen-bond acceptors (Lipinski definition) is 9. The standard InChI is InChI=1S/C23H21N3O8Si/c1-32-22(27)21-17-23(24(28)29,25(30)31)26(33-21)34-35(18-11-5-2-6-12-18,19-13-7-3-8-14-19)20-15-9-4-10-16-20/h2-16,21H,17H2,1H3. The fourth-order valence-electron chi connectivity index (χ4n) is 4.06. The van der Waals surface area contributed by atoms with Crippen molar-refractivity contribution in [3.63, 3.8) is 0 Å². The summed E-state index contributed by atoms with van der Waals surface area (Å²) < 4.78 is 11.0. The smallest absolute Gasteiger partial charge is 0.467 e. The number of carbonyl (C=O) groups excluding carboxylic acids is 1. The minimum atomic E-state index is -3.70. The van der Waals surface area contributed by atoms with Gasteiger partial charge in [0.05, 0.1) is 12.3 Å². The van der Waals surface area contributed by atoms with Gasteiger partial charge in [-0.05, 0) is 15.6 Å². The van der Waals surface area contributed by atoms with Crippen molar-refractivity contribution in [1.29, 1.82) is 0 Å². The van der Waals surface area contributed by atoms with Gasteiger partial charge in [-0.25, -0.2) is 9.63 Å². The Hall–Kier alpha value is -3.97. The van der Waals surface area contributed by atoms with Crippen LogP contribution in [0.5, 0.6) is 0 Å². The maximum atomic E-state index is 12.2. The van der Waals surface area contributed by atoms with Crippen LogP contribution in [0.1, 0.15) is 6.42 Å². The van der Waals surface area contributed by atoms with Crippen molar-refractivity contribution in [2.45, 2.75) is 18.3 Å². The van der Waals surface area contributed by atoms with E-state index in [2.05, 4.69) is 4.74 Å². The lowest BCUT2D eigenvalue weighted by Crippen LogP contribution is -2.73. The molecule has 3 aromatic rings. The van der Waals surface area contributed by atoms with Crippen LogP contribution in [0.2, 0.25) is 0 Å². The summed E-state index contributed by atoms with van der Waals surface area (Å²) >= 11 is 0. The zero-order valence-corrected chi connectivity index (χ0v) is 19.6. The van der Waals surface area contributed by atoms with Gasteiger partial charge in [0, 0.05) is 0 Å². The second-order valence-electron chi connectivity index (χ2n) is 7.74. The third-order valence-electron chi connectivity index (χ3n) is 5.78. The van der Waals surface area contributed by atoms with Crippen LogP contribution in [0.25, 0.3) is 0 Å². The summed E-state index contributed by atoms with van der Waals surface area (Å²) in [4.78, 5) is 39.7. The average Bonchev–Trinajstić information content (AvgIpc) is 3.29. The summed E-state index contributed by atoms with van der Waals surface area (Å²) in [6, 6.07) is 26.8. The summed E-state index contributed by atoms with van der Waals surface area (Å²) in [6.45, 7) is 0. The number of benzene rings is 3. The summed E-state index contributed by atoms with van der Waals surface area (Å²) in [7, 11) is -2.64. The summed E-state index contributed by atoms with van der Waals surface area (Å²) in [6.07, 6.45) is -2.51. The molecule has 1 atom stereocenters. The molecule has 0 saturated carbocycles. The van der Waals surface area contributed by atoms with Crippen LogP contribution < -0.4 is 15.6 Å². The van der Waals surface area contributed by atoms with Gasteiger partial charge in [-0.1, -0.05) is 91.0 Å². The summed E-state index contributed by atoms with van der Waals surface area (Å²) in [5.74, 6) is -4.06. The molecule has 0 radical (unpaired) electrons. The number of esters is 1. The van der Waals surface area contributed by atoms with Gasteiger partial charge in [0.15, 0.2) is 12.5 Å². The maximum absolute atomic E-state index is 12.2. The molecular weight excluding hydrogens is 474 g/mol. The van der Waals surface area contributed by atoms with E-state index < -0.39 is 42.4 Å². The normalized spacial score (nSPS) is 17.6. The van der Waals surface area contributed by atoms with Gasteiger partial charge in [0.1, 0.15) is 9.85 Å². The van der Waals surface area contributed by atoms with Crippen molar-refractivity contribution in [3.05, 3.63) is 111 Å². The minimum Gasteiger partial charge on any atom is -0.467 e. The van der Waals surface area contributed by atoms with Gasteiger partial charge in [-0.3, -0.25) is 24.8 Å².